The Balaban J connectivity index is 2.06. The van der Waals surface area contributed by atoms with Crippen LogP contribution in [0.5, 0.6) is 0 Å². The van der Waals surface area contributed by atoms with Crippen LogP contribution in [0.25, 0.3) is 0 Å². The summed E-state index contributed by atoms with van der Waals surface area (Å²) in [5.74, 6) is 0.169. The molecule has 0 heterocycles. The summed E-state index contributed by atoms with van der Waals surface area (Å²) < 4.78 is 0. The van der Waals surface area contributed by atoms with Gasteiger partial charge in [0.1, 0.15) is 0 Å². The molecule has 2 aromatic carbocycles. The molecule has 0 radical (unpaired) electrons. The Labute approximate surface area is 136 Å². The van der Waals surface area contributed by atoms with Crippen molar-refractivity contribution in [3.05, 3.63) is 71.3 Å². The number of rotatable bonds is 3. The number of nitrogens with two attached hydrogens (primary N) is 1. The van der Waals surface area contributed by atoms with Gasteiger partial charge in [-0.2, -0.15) is 5.10 Å². The number of hydrazone groups is 1. The molecule has 3 rings (SSSR count). The summed E-state index contributed by atoms with van der Waals surface area (Å²) in [6, 6.07) is 17.9. The van der Waals surface area contributed by atoms with Crippen LogP contribution in [0.1, 0.15) is 41.9 Å². The van der Waals surface area contributed by atoms with Gasteiger partial charge in [0.25, 0.3) is 0 Å². The molecule has 4 heteroatoms. The molecular formula is C19H21N3O. The Hall–Kier alpha value is -2.62. The lowest BCUT2D eigenvalue weighted by atomic mass is 9.85. The number of fused-ring (bicyclic) bond motifs is 1. The molecule has 0 fully saturated rings. The highest BCUT2D eigenvalue weighted by molar-refractivity contribution is 6.05. The SMILES string of the molecule is NC(=O)NN=C(c1ccccc1)C1CCCCc2ccccc21. The lowest BCUT2D eigenvalue weighted by Crippen LogP contribution is -2.27. The van der Waals surface area contributed by atoms with Crippen LogP contribution in [0.4, 0.5) is 4.79 Å². The zero-order chi connectivity index (χ0) is 16.1. The number of nitrogens with one attached hydrogen (secondary N) is 1. The van der Waals surface area contributed by atoms with Crippen molar-refractivity contribution in [2.24, 2.45) is 10.8 Å². The minimum Gasteiger partial charge on any atom is -0.350 e. The third-order valence-corrected chi connectivity index (χ3v) is 4.31. The van der Waals surface area contributed by atoms with Crippen LogP contribution in [0, 0.1) is 0 Å². The second-order valence-electron chi connectivity index (χ2n) is 5.84. The fraction of sp³-hybridized carbons (Fsp3) is 0.263. The van der Waals surface area contributed by atoms with E-state index >= 15 is 0 Å². The van der Waals surface area contributed by atoms with E-state index in [0.717, 1.165) is 30.5 Å². The highest BCUT2D eigenvalue weighted by atomic mass is 16.2. The minimum absolute atomic E-state index is 0.169. The van der Waals surface area contributed by atoms with Gasteiger partial charge in [0.15, 0.2) is 0 Å². The quantitative estimate of drug-likeness (QED) is 0.508. The maximum absolute atomic E-state index is 11.1. The number of carbonyl (C=O) groups excluding carboxylic acids is 1. The molecule has 0 bridgehead atoms. The van der Waals surface area contributed by atoms with Gasteiger partial charge in [-0.1, -0.05) is 61.0 Å². The van der Waals surface area contributed by atoms with Crippen molar-refractivity contribution in [2.75, 3.05) is 0 Å². The molecule has 4 nitrogen and oxygen atoms in total. The monoisotopic (exact) mass is 307 g/mol. The molecule has 2 aromatic rings. The van der Waals surface area contributed by atoms with E-state index in [0.29, 0.717) is 0 Å². The summed E-state index contributed by atoms with van der Waals surface area (Å²) in [6.07, 6.45) is 4.43. The molecule has 3 N–H and O–H groups in total. The first-order chi connectivity index (χ1) is 11.3. The van der Waals surface area contributed by atoms with Gasteiger partial charge in [0, 0.05) is 5.92 Å². The number of amides is 2. The van der Waals surface area contributed by atoms with Gasteiger partial charge in [-0.15, -0.1) is 0 Å². The highest BCUT2D eigenvalue weighted by Gasteiger charge is 2.24. The number of benzene rings is 2. The van der Waals surface area contributed by atoms with Gasteiger partial charge in [0.2, 0.25) is 0 Å². The Morgan fingerprint density at radius 3 is 2.57 bits per heavy atom. The van der Waals surface area contributed by atoms with E-state index in [1.807, 2.05) is 30.3 Å². The predicted octanol–water partition coefficient (Wildman–Crippen LogP) is 3.57. The third kappa shape index (κ3) is 3.59. The normalized spacial score (nSPS) is 17.9. The summed E-state index contributed by atoms with van der Waals surface area (Å²) in [4.78, 5) is 11.1. The smallest absolute Gasteiger partial charge is 0.332 e. The number of hydrogen-bond donors (Lipinski definition) is 2. The molecule has 1 aliphatic carbocycles. The number of aryl methyl sites for hydroxylation is 1. The Morgan fingerprint density at radius 1 is 1.04 bits per heavy atom. The first-order valence-corrected chi connectivity index (χ1v) is 8.02. The van der Waals surface area contributed by atoms with E-state index in [4.69, 9.17) is 5.73 Å². The Kier molecular flexibility index (Phi) is 4.71. The average molecular weight is 307 g/mol. The van der Waals surface area contributed by atoms with Gasteiger partial charge in [-0.3, -0.25) is 0 Å². The molecule has 118 valence electrons. The van der Waals surface area contributed by atoms with Gasteiger partial charge in [-0.25, -0.2) is 10.2 Å². The molecule has 0 spiro atoms. The van der Waals surface area contributed by atoms with Crippen LogP contribution in [0.15, 0.2) is 59.7 Å². The highest BCUT2D eigenvalue weighted by Crippen LogP contribution is 2.33. The van der Waals surface area contributed by atoms with Crippen LogP contribution < -0.4 is 11.2 Å². The topological polar surface area (TPSA) is 67.5 Å². The van der Waals surface area contributed by atoms with Gasteiger partial charge in [-0.05, 0) is 36.0 Å². The Bertz CT molecular complexity index is 710. The van der Waals surface area contributed by atoms with Crippen LogP contribution in [0.3, 0.4) is 0 Å². The maximum atomic E-state index is 11.1. The van der Waals surface area contributed by atoms with E-state index in [-0.39, 0.29) is 5.92 Å². The van der Waals surface area contributed by atoms with E-state index in [9.17, 15) is 4.79 Å². The first kappa shape index (κ1) is 15.3. The zero-order valence-electron chi connectivity index (χ0n) is 13.0. The molecule has 0 saturated heterocycles. The molecule has 0 saturated carbocycles. The van der Waals surface area contributed by atoms with E-state index in [1.54, 1.807) is 0 Å². The summed E-state index contributed by atoms with van der Waals surface area (Å²) in [5.41, 5.74) is 12.2. The van der Waals surface area contributed by atoms with Gasteiger partial charge < -0.3 is 5.73 Å². The van der Waals surface area contributed by atoms with Crippen molar-refractivity contribution >= 4 is 11.7 Å². The maximum Gasteiger partial charge on any atom is 0.332 e. The van der Waals surface area contributed by atoms with E-state index in [1.165, 1.54) is 17.5 Å². The lowest BCUT2D eigenvalue weighted by molar-refractivity contribution is 0.249. The zero-order valence-corrected chi connectivity index (χ0v) is 13.0. The van der Waals surface area contributed by atoms with Crippen LogP contribution in [-0.4, -0.2) is 11.7 Å². The molecule has 1 unspecified atom stereocenters. The summed E-state index contributed by atoms with van der Waals surface area (Å²) in [6.45, 7) is 0. The number of carbonyl (C=O) groups is 1. The van der Waals surface area contributed by atoms with Crippen molar-refractivity contribution in [1.29, 1.82) is 0 Å². The van der Waals surface area contributed by atoms with Crippen LogP contribution in [0.2, 0.25) is 0 Å². The lowest BCUT2D eigenvalue weighted by Gasteiger charge is -2.20. The molecule has 0 aromatic heterocycles. The summed E-state index contributed by atoms with van der Waals surface area (Å²) in [5, 5.41) is 4.35. The molecule has 23 heavy (non-hydrogen) atoms. The van der Waals surface area contributed by atoms with Crippen LogP contribution >= 0.6 is 0 Å². The second-order valence-corrected chi connectivity index (χ2v) is 5.84. The summed E-state index contributed by atoms with van der Waals surface area (Å²) >= 11 is 0. The fourth-order valence-electron chi connectivity index (χ4n) is 3.27. The third-order valence-electron chi connectivity index (χ3n) is 4.31. The van der Waals surface area contributed by atoms with E-state index < -0.39 is 6.03 Å². The molecule has 1 atom stereocenters. The molecular weight excluding hydrogens is 286 g/mol. The minimum atomic E-state index is -0.639. The number of nitrogens with zero attached hydrogens (tertiary/aromatic N) is 1. The van der Waals surface area contributed by atoms with Crippen LogP contribution in [-0.2, 0) is 6.42 Å². The largest absolute Gasteiger partial charge is 0.350 e. The molecule has 2 amide bonds. The van der Waals surface area contributed by atoms with Crippen molar-refractivity contribution < 1.29 is 4.79 Å². The van der Waals surface area contributed by atoms with Crippen molar-refractivity contribution in [3.63, 3.8) is 0 Å². The number of urea groups is 1. The van der Waals surface area contributed by atoms with Gasteiger partial charge in [0.05, 0.1) is 5.71 Å². The first-order valence-electron chi connectivity index (χ1n) is 8.02. The van der Waals surface area contributed by atoms with Crippen molar-refractivity contribution in [3.8, 4) is 0 Å². The number of hydrogen-bond acceptors (Lipinski definition) is 2. The average Bonchev–Trinajstić information content (AvgIpc) is 2.79. The van der Waals surface area contributed by atoms with E-state index in [2.05, 4.69) is 34.8 Å². The van der Waals surface area contributed by atoms with Crippen molar-refractivity contribution in [2.45, 2.75) is 31.6 Å². The van der Waals surface area contributed by atoms with Gasteiger partial charge >= 0.3 is 6.03 Å². The standard InChI is InChI=1S/C19H21N3O/c20-19(23)22-21-18(15-10-2-1-3-11-15)17-13-7-5-9-14-8-4-6-12-16(14)17/h1-4,6,8,10-12,17H,5,7,9,13H2,(H3,20,22,23). The predicted molar refractivity (Wildman–Crippen MR) is 92.4 cm³/mol. The fourth-order valence-corrected chi connectivity index (χ4v) is 3.27. The summed E-state index contributed by atoms with van der Waals surface area (Å²) in [7, 11) is 0. The molecule has 0 aliphatic heterocycles. The number of primary amides is 1. The molecule has 1 aliphatic rings. The Morgan fingerprint density at radius 2 is 1.78 bits per heavy atom. The van der Waals surface area contributed by atoms with Crippen molar-refractivity contribution in [1.82, 2.24) is 5.43 Å². The second kappa shape index (κ2) is 7.09.